The molecule has 0 spiro atoms. The Morgan fingerprint density at radius 1 is 1.25 bits per heavy atom. The first-order valence-corrected chi connectivity index (χ1v) is 6.24. The van der Waals surface area contributed by atoms with E-state index in [1.165, 1.54) is 0 Å². The van der Waals surface area contributed by atoms with Crippen LogP contribution in [0, 0.1) is 5.41 Å². The summed E-state index contributed by atoms with van der Waals surface area (Å²) in [5, 5.41) is 14.3. The Morgan fingerprint density at radius 2 is 1.85 bits per heavy atom. The van der Waals surface area contributed by atoms with Gasteiger partial charge in [0.05, 0.1) is 11.3 Å². The molecule has 0 radical (unpaired) electrons. The average molecular weight is 272 g/mol. The lowest BCUT2D eigenvalue weighted by Gasteiger charge is -2.14. The van der Waals surface area contributed by atoms with Crippen LogP contribution in [0.2, 0.25) is 0 Å². The molecule has 0 bridgehead atoms. The normalized spacial score (nSPS) is 17.6. The number of hydrogen-bond acceptors (Lipinski definition) is 3. The van der Waals surface area contributed by atoms with E-state index in [0.29, 0.717) is 5.69 Å². The van der Waals surface area contributed by atoms with E-state index in [0.717, 1.165) is 5.01 Å². The zero-order valence-electron chi connectivity index (χ0n) is 11.6. The fourth-order valence-corrected chi connectivity index (χ4v) is 1.88. The highest BCUT2D eigenvalue weighted by Gasteiger charge is 2.35. The van der Waals surface area contributed by atoms with Gasteiger partial charge in [-0.2, -0.15) is 10.1 Å². The van der Waals surface area contributed by atoms with Crippen molar-refractivity contribution < 1.29 is 14.7 Å². The summed E-state index contributed by atoms with van der Waals surface area (Å²) < 4.78 is 0. The number of allylic oxidation sites excluding steroid dienone is 1. The van der Waals surface area contributed by atoms with Gasteiger partial charge in [0.15, 0.2) is 5.71 Å². The molecule has 0 aromatic heterocycles. The maximum atomic E-state index is 12.4. The topological polar surface area (TPSA) is 70.0 Å². The third-order valence-electron chi connectivity index (χ3n) is 2.66. The zero-order valence-corrected chi connectivity index (χ0v) is 11.6. The van der Waals surface area contributed by atoms with Crippen molar-refractivity contribution in [2.24, 2.45) is 10.5 Å². The van der Waals surface area contributed by atoms with Crippen molar-refractivity contribution in [1.82, 2.24) is 0 Å². The van der Waals surface area contributed by atoms with Gasteiger partial charge >= 0.3 is 5.97 Å². The number of para-hydroxylation sites is 1. The van der Waals surface area contributed by atoms with Crippen LogP contribution in [0.25, 0.3) is 0 Å². The fraction of sp³-hybridized carbons (Fsp3) is 0.267. The van der Waals surface area contributed by atoms with Gasteiger partial charge in [0, 0.05) is 0 Å². The molecule has 1 amide bonds. The first kappa shape index (κ1) is 14.0. The smallest absolute Gasteiger partial charge is 0.357 e. The number of aliphatic carboxylic acids is 1. The highest BCUT2D eigenvalue weighted by Crippen LogP contribution is 2.27. The minimum Gasteiger partial charge on any atom is -0.476 e. The van der Waals surface area contributed by atoms with Crippen LogP contribution in [0.1, 0.15) is 20.8 Å². The molecule has 1 aromatic carbocycles. The number of amides is 1. The standard InChI is InChI=1S/C15H16N2O3/c1-15(2,3)9-11-12(14(19)20)16-17(13(11)18)10-7-5-4-6-8-10/h4-9H,1-3H3,(H,19,20)/b11-9-. The second kappa shape index (κ2) is 4.92. The number of carbonyl (C=O) groups is 2. The number of carbonyl (C=O) groups excluding carboxylic acids is 1. The highest BCUT2D eigenvalue weighted by atomic mass is 16.4. The monoisotopic (exact) mass is 272 g/mol. The van der Waals surface area contributed by atoms with Crippen LogP contribution in [0.5, 0.6) is 0 Å². The largest absolute Gasteiger partial charge is 0.476 e. The first-order chi connectivity index (χ1) is 9.29. The Balaban J connectivity index is 2.49. The molecule has 0 atom stereocenters. The molecule has 0 aliphatic carbocycles. The minimum absolute atomic E-state index is 0.133. The Hall–Kier alpha value is -2.43. The van der Waals surface area contributed by atoms with E-state index in [9.17, 15) is 14.7 Å². The second-order valence-electron chi connectivity index (χ2n) is 5.63. The van der Waals surface area contributed by atoms with Gasteiger partial charge in [-0.05, 0) is 17.5 Å². The Kier molecular flexibility index (Phi) is 3.44. The lowest BCUT2D eigenvalue weighted by Crippen LogP contribution is -2.23. The summed E-state index contributed by atoms with van der Waals surface area (Å²) in [5.41, 5.74) is 0.157. The zero-order chi connectivity index (χ0) is 14.9. The molecule has 0 unspecified atom stereocenters. The van der Waals surface area contributed by atoms with Crippen LogP contribution in [0.3, 0.4) is 0 Å². The van der Waals surface area contributed by atoms with Crippen LogP contribution in [0.15, 0.2) is 47.1 Å². The Morgan fingerprint density at radius 3 is 2.35 bits per heavy atom. The second-order valence-corrected chi connectivity index (χ2v) is 5.63. The quantitative estimate of drug-likeness (QED) is 0.841. The number of anilines is 1. The van der Waals surface area contributed by atoms with Gasteiger partial charge in [-0.1, -0.05) is 45.0 Å². The van der Waals surface area contributed by atoms with Gasteiger partial charge in [0.2, 0.25) is 0 Å². The number of benzene rings is 1. The van der Waals surface area contributed by atoms with Crippen LogP contribution in [-0.4, -0.2) is 22.7 Å². The van der Waals surface area contributed by atoms with Crippen LogP contribution < -0.4 is 5.01 Å². The maximum Gasteiger partial charge on any atom is 0.357 e. The van der Waals surface area contributed by atoms with Crippen LogP contribution in [-0.2, 0) is 9.59 Å². The summed E-state index contributed by atoms with van der Waals surface area (Å²) in [5.74, 6) is -1.61. The molecular weight excluding hydrogens is 256 g/mol. The molecule has 1 heterocycles. The van der Waals surface area contributed by atoms with Gasteiger partial charge in [0.25, 0.3) is 5.91 Å². The maximum absolute atomic E-state index is 12.4. The summed E-state index contributed by atoms with van der Waals surface area (Å²) in [6, 6.07) is 8.77. The molecule has 5 heteroatoms. The number of hydrogen-bond donors (Lipinski definition) is 1. The molecule has 1 aliphatic rings. The summed E-state index contributed by atoms with van der Waals surface area (Å²) in [7, 11) is 0. The summed E-state index contributed by atoms with van der Waals surface area (Å²) in [6.45, 7) is 5.70. The number of carboxylic acids is 1. The average Bonchev–Trinajstić information content (AvgIpc) is 2.67. The van der Waals surface area contributed by atoms with Gasteiger partial charge in [-0.25, -0.2) is 4.79 Å². The highest BCUT2D eigenvalue weighted by molar-refractivity contribution is 6.52. The van der Waals surface area contributed by atoms with Gasteiger partial charge in [-0.15, -0.1) is 0 Å². The molecule has 1 aliphatic heterocycles. The molecule has 1 aromatic rings. The molecule has 0 saturated heterocycles. The third-order valence-corrected chi connectivity index (χ3v) is 2.66. The lowest BCUT2D eigenvalue weighted by molar-refractivity contribution is -0.129. The van der Waals surface area contributed by atoms with Crippen molar-refractivity contribution in [2.45, 2.75) is 20.8 Å². The van der Waals surface area contributed by atoms with Crippen molar-refractivity contribution in [2.75, 3.05) is 5.01 Å². The lowest BCUT2D eigenvalue weighted by atomic mass is 9.92. The fourth-order valence-electron chi connectivity index (χ4n) is 1.88. The van der Waals surface area contributed by atoms with Crippen LogP contribution in [0.4, 0.5) is 5.69 Å². The van der Waals surface area contributed by atoms with Gasteiger partial charge in [0.1, 0.15) is 0 Å². The molecule has 104 valence electrons. The Bertz CT molecular complexity index is 610. The predicted molar refractivity (Wildman–Crippen MR) is 76.5 cm³/mol. The molecular formula is C15H16N2O3. The van der Waals surface area contributed by atoms with Gasteiger partial charge in [-0.3, -0.25) is 4.79 Å². The van der Waals surface area contributed by atoms with E-state index in [4.69, 9.17) is 0 Å². The Labute approximate surface area is 117 Å². The van der Waals surface area contributed by atoms with Crippen molar-refractivity contribution in [3.63, 3.8) is 0 Å². The van der Waals surface area contributed by atoms with E-state index in [1.54, 1.807) is 30.3 Å². The number of rotatable bonds is 2. The molecule has 2 rings (SSSR count). The van der Waals surface area contributed by atoms with Crippen molar-refractivity contribution in [3.05, 3.63) is 42.0 Å². The molecule has 5 nitrogen and oxygen atoms in total. The SMILES string of the molecule is CC(C)(C)/C=C1\C(=O)N(c2ccccc2)N=C1C(=O)O. The predicted octanol–water partition coefficient (Wildman–Crippen LogP) is 2.45. The van der Waals surface area contributed by atoms with Crippen molar-refractivity contribution in [1.29, 1.82) is 0 Å². The first-order valence-electron chi connectivity index (χ1n) is 6.24. The van der Waals surface area contributed by atoms with Crippen molar-refractivity contribution >= 4 is 23.3 Å². The van der Waals surface area contributed by atoms with Crippen molar-refractivity contribution in [3.8, 4) is 0 Å². The van der Waals surface area contributed by atoms with Gasteiger partial charge < -0.3 is 5.11 Å². The minimum atomic E-state index is -1.20. The third kappa shape index (κ3) is 2.77. The number of carboxylic acid groups (broad SMARTS) is 1. The molecule has 1 N–H and O–H groups in total. The van der Waals surface area contributed by atoms with E-state index in [1.807, 2.05) is 26.8 Å². The van der Waals surface area contributed by atoms with E-state index >= 15 is 0 Å². The number of nitrogens with zero attached hydrogens (tertiary/aromatic N) is 2. The molecule has 0 saturated carbocycles. The van der Waals surface area contributed by atoms with E-state index in [-0.39, 0.29) is 16.7 Å². The summed E-state index contributed by atoms with van der Waals surface area (Å²) >= 11 is 0. The van der Waals surface area contributed by atoms with Crippen LogP contribution >= 0.6 is 0 Å². The van der Waals surface area contributed by atoms with E-state index in [2.05, 4.69) is 5.10 Å². The summed E-state index contributed by atoms with van der Waals surface area (Å²) in [4.78, 5) is 23.6. The van der Waals surface area contributed by atoms with E-state index < -0.39 is 11.9 Å². The molecule has 0 fully saturated rings. The number of hydrazone groups is 1. The summed E-state index contributed by atoms with van der Waals surface area (Å²) in [6.07, 6.45) is 1.64. The molecule has 20 heavy (non-hydrogen) atoms.